The van der Waals surface area contributed by atoms with E-state index in [9.17, 15) is 26.3 Å². The Bertz CT molecular complexity index is 1310. The number of benzene rings is 1. The first kappa shape index (κ1) is 25.5. The molecule has 0 radical (unpaired) electrons. The Morgan fingerprint density at radius 2 is 1.59 bits per heavy atom. The molecule has 2 bridgehead atoms. The predicted octanol–water partition coefficient (Wildman–Crippen LogP) is 6.48. The van der Waals surface area contributed by atoms with E-state index in [1.807, 2.05) is 0 Å². The Hall–Kier alpha value is -3.18. The molecule has 0 amide bonds. The van der Waals surface area contributed by atoms with Gasteiger partial charge in [0.05, 0.1) is 5.56 Å². The van der Waals surface area contributed by atoms with Gasteiger partial charge in [-0.2, -0.15) is 31.3 Å². The van der Waals surface area contributed by atoms with E-state index in [1.54, 1.807) is 17.7 Å². The number of hydrogen-bond donors (Lipinski definition) is 0. The van der Waals surface area contributed by atoms with Crippen LogP contribution in [0.5, 0.6) is 0 Å². The van der Waals surface area contributed by atoms with E-state index in [0.29, 0.717) is 30.9 Å². The Morgan fingerprint density at radius 3 is 2.22 bits per heavy atom. The van der Waals surface area contributed by atoms with Gasteiger partial charge in [0.15, 0.2) is 11.6 Å². The molecular weight excluding hydrogens is 500 g/mol. The van der Waals surface area contributed by atoms with Gasteiger partial charge in [0.25, 0.3) is 0 Å². The number of rotatable bonds is 5. The van der Waals surface area contributed by atoms with Crippen molar-refractivity contribution < 1.29 is 30.9 Å². The molecule has 12 heteroatoms. The molecule has 3 aromatic rings. The highest BCUT2D eigenvalue weighted by Crippen LogP contribution is 2.57. The number of halogens is 6. The summed E-state index contributed by atoms with van der Waals surface area (Å²) in [5.41, 5.74) is -2.15. The van der Waals surface area contributed by atoms with Crippen LogP contribution in [-0.4, -0.2) is 31.1 Å². The van der Waals surface area contributed by atoms with Crippen molar-refractivity contribution in [1.82, 2.24) is 24.9 Å². The molecule has 0 saturated heterocycles. The van der Waals surface area contributed by atoms with E-state index in [1.165, 1.54) is 12.1 Å². The molecule has 3 aliphatic carbocycles. The smallest absolute Gasteiger partial charge is 0.339 e. The number of aromatic nitrogens is 5. The van der Waals surface area contributed by atoms with Crippen molar-refractivity contribution in [2.75, 3.05) is 0 Å². The summed E-state index contributed by atoms with van der Waals surface area (Å²) in [5, 5.41) is 12.6. The largest absolute Gasteiger partial charge is 0.417 e. The molecule has 0 aliphatic heterocycles. The van der Waals surface area contributed by atoms with Crippen molar-refractivity contribution in [3.05, 3.63) is 59.0 Å². The van der Waals surface area contributed by atoms with Crippen LogP contribution in [0.2, 0.25) is 0 Å². The summed E-state index contributed by atoms with van der Waals surface area (Å²) < 4.78 is 85.9. The van der Waals surface area contributed by atoms with E-state index in [-0.39, 0.29) is 34.5 Å². The molecule has 3 saturated carbocycles. The zero-order valence-electron chi connectivity index (χ0n) is 20.2. The van der Waals surface area contributed by atoms with Gasteiger partial charge in [-0.3, -0.25) is 0 Å². The van der Waals surface area contributed by atoms with Crippen LogP contribution < -0.4 is 0 Å². The van der Waals surface area contributed by atoms with Crippen molar-refractivity contribution in [3.8, 4) is 11.4 Å². The molecular formula is C25H25F6N5O. The number of hydrogen-bond acceptors (Lipinski definition) is 5. The fourth-order valence-electron chi connectivity index (χ4n) is 5.72. The Kier molecular flexibility index (Phi) is 5.99. The van der Waals surface area contributed by atoms with Gasteiger partial charge in [-0.05, 0) is 51.5 Å². The van der Waals surface area contributed by atoms with Crippen molar-refractivity contribution in [3.63, 3.8) is 0 Å². The van der Waals surface area contributed by atoms with Crippen molar-refractivity contribution in [2.24, 2.45) is 7.05 Å². The second-order valence-electron chi connectivity index (χ2n) is 10.1. The first-order valence-corrected chi connectivity index (χ1v) is 12.0. The van der Waals surface area contributed by atoms with Crippen LogP contribution in [0, 0.1) is 0 Å². The van der Waals surface area contributed by atoms with Gasteiger partial charge < -0.3 is 9.09 Å². The third-order valence-corrected chi connectivity index (χ3v) is 8.04. The van der Waals surface area contributed by atoms with Crippen LogP contribution in [-0.2, 0) is 30.5 Å². The van der Waals surface area contributed by atoms with Gasteiger partial charge in [-0.25, -0.2) is 0 Å². The van der Waals surface area contributed by atoms with Crippen LogP contribution >= 0.6 is 0 Å². The highest BCUT2D eigenvalue weighted by Gasteiger charge is 2.54. The van der Waals surface area contributed by atoms with E-state index >= 15 is 0 Å². The quantitative estimate of drug-likeness (QED) is 0.282. The summed E-state index contributed by atoms with van der Waals surface area (Å²) in [6.07, 6.45) is -3.68. The summed E-state index contributed by atoms with van der Waals surface area (Å²) in [6, 6.07) is 5.34. The molecule has 3 aliphatic rings. The van der Waals surface area contributed by atoms with Gasteiger partial charge in [-0.15, -0.1) is 10.2 Å². The monoisotopic (exact) mass is 525 g/mol. The summed E-state index contributed by atoms with van der Waals surface area (Å²) in [7, 11) is 1.70. The second-order valence-corrected chi connectivity index (χ2v) is 10.1. The lowest BCUT2D eigenvalue weighted by atomic mass is 9.53. The highest BCUT2D eigenvalue weighted by atomic mass is 19.4. The Labute approximate surface area is 208 Å². The molecule has 1 aromatic carbocycles. The maximum absolute atomic E-state index is 13.6. The van der Waals surface area contributed by atoms with Crippen molar-refractivity contribution in [2.45, 2.75) is 75.1 Å². The fraction of sp³-hybridized carbons (Fsp3) is 0.520. The van der Waals surface area contributed by atoms with Crippen LogP contribution in [0.3, 0.4) is 0 Å². The summed E-state index contributed by atoms with van der Waals surface area (Å²) in [6.45, 7) is 0.997. The lowest BCUT2D eigenvalue weighted by Gasteiger charge is -2.51. The maximum Gasteiger partial charge on any atom is 0.417 e. The average Bonchev–Trinajstić information content (AvgIpc) is 3.50. The lowest BCUT2D eigenvalue weighted by Crippen LogP contribution is -2.48. The minimum Gasteiger partial charge on any atom is -0.339 e. The Balaban J connectivity index is 1.36. The van der Waals surface area contributed by atoms with E-state index in [0.717, 1.165) is 38.3 Å². The van der Waals surface area contributed by atoms with E-state index in [2.05, 4.69) is 20.3 Å². The number of fused-ring (bicyclic) bond motifs is 3. The van der Waals surface area contributed by atoms with Gasteiger partial charge in [0, 0.05) is 35.4 Å². The van der Waals surface area contributed by atoms with Crippen LogP contribution in [0.1, 0.15) is 68.6 Å². The van der Waals surface area contributed by atoms with E-state index in [4.69, 9.17) is 4.52 Å². The first-order chi connectivity index (χ1) is 17.3. The molecule has 6 nitrogen and oxygen atoms in total. The van der Waals surface area contributed by atoms with Crippen LogP contribution in [0.4, 0.5) is 26.3 Å². The average molecular weight is 525 g/mol. The van der Waals surface area contributed by atoms with Gasteiger partial charge in [0.1, 0.15) is 5.82 Å². The molecule has 0 unspecified atom stereocenters. The molecule has 6 rings (SSSR count). The topological polar surface area (TPSA) is 69.6 Å². The highest BCUT2D eigenvalue weighted by molar-refractivity contribution is 5.61. The molecule has 2 heterocycles. The Morgan fingerprint density at radius 1 is 0.973 bits per heavy atom. The van der Waals surface area contributed by atoms with E-state index < -0.39 is 23.5 Å². The van der Waals surface area contributed by atoms with Gasteiger partial charge in [-0.1, -0.05) is 29.4 Å². The molecule has 0 N–H and O–H groups in total. The zero-order chi connectivity index (χ0) is 26.6. The first-order valence-electron chi connectivity index (χ1n) is 12.0. The molecule has 37 heavy (non-hydrogen) atoms. The molecule has 198 valence electrons. The number of nitrogens with zero attached hydrogens (tertiary/aromatic N) is 5. The lowest BCUT2D eigenvalue weighted by molar-refractivity contribution is -0.137. The van der Waals surface area contributed by atoms with Crippen molar-refractivity contribution >= 4 is 0 Å². The van der Waals surface area contributed by atoms with Crippen LogP contribution in [0.15, 0.2) is 40.4 Å². The normalized spacial score (nSPS) is 24.6. The number of alkyl halides is 6. The molecule has 0 atom stereocenters. The molecule has 0 spiro atoms. The van der Waals surface area contributed by atoms with Crippen molar-refractivity contribution in [1.29, 1.82) is 0 Å². The van der Waals surface area contributed by atoms with Gasteiger partial charge in [0.2, 0.25) is 5.89 Å². The summed E-state index contributed by atoms with van der Waals surface area (Å²) in [4.78, 5) is 4.42. The minimum atomic E-state index is -4.51. The summed E-state index contributed by atoms with van der Waals surface area (Å²) in [5.74, 6) is 1.47. The predicted molar refractivity (Wildman–Crippen MR) is 120 cm³/mol. The molecule has 3 fully saturated rings. The fourth-order valence-corrected chi connectivity index (χ4v) is 5.72. The maximum atomic E-state index is 13.6. The third-order valence-electron chi connectivity index (χ3n) is 8.04. The summed E-state index contributed by atoms with van der Waals surface area (Å²) >= 11 is 0. The second kappa shape index (κ2) is 8.70. The third kappa shape index (κ3) is 4.44. The SMILES string of the molecule is C/C(=C/Cc1nc(C23CCC(c4nnc(-c5ccccc5C(F)(F)F)n4C)(CC2)CC3)no1)C(F)(F)F. The van der Waals surface area contributed by atoms with Gasteiger partial charge >= 0.3 is 12.4 Å². The number of allylic oxidation sites excluding steroid dienone is 2. The van der Waals surface area contributed by atoms with Crippen LogP contribution in [0.25, 0.3) is 11.4 Å². The molecule has 2 aromatic heterocycles. The minimum absolute atomic E-state index is 0.0113. The zero-order valence-corrected chi connectivity index (χ0v) is 20.2. The standard InChI is InChI=1S/C25H25F6N5O/c1-15(24(26,27)28)7-8-18-32-20(35-37-18)22-9-12-23(13-10-22,14-11-22)21-34-33-19(36(21)2)16-5-3-4-6-17(16)25(29,30)31/h3-7H,8-14H2,1-2H3/b15-7-.